The summed E-state index contributed by atoms with van der Waals surface area (Å²) in [6.45, 7) is 2.96. The average Bonchev–Trinajstić information content (AvgIpc) is 3.38. The minimum atomic E-state index is -0.652. The third-order valence-electron chi connectivity index (χ3n) is 5.67. The van der Waals surface area contributed by atoms with Crippen LogP contribution in [0.3, 0.4) is 0 Å². The standard InChI is InChI=1S/C18H24N2O2/c21-17(22)16-6-9-20(16)12-18(7-8-18)11-19-15-10-14(15)13-4-2-1-3-5-13/h1-5,14-16,19H,6-12H2,(H,21,22)/t14-,15+,16-/m0/s1. The Kier molecular flexibility index (Phi) is 3.46. The fourth-order valence-electron chi connectivity index (χ4n) is 3.74. The molecule has 3 aliphatic rings. The number of benzene rings is 1. The highest BCUT2D eigenvalue weighted by molar-refractivity contribution is 5.74. The molecule has 0 spiro atoms. The number of aliphatic carboxylic acids is 1. The quantitative estimate of drug-likeness (QED) is 0.809. The van der Waals surface area contributed by atoms with E-state index in [9.17, 15) is 4.79 Å². The zero-order valence-electron chi connectivity index (χ0n) is 12.9. The molecule has 1 aromatic carbocycles. The molecule has 22 heavy (non-hydrogen) atoms. The van der Waals surface area contributed by atoms with Crippen LogP contribution in [0.2, 0.25) is 0 Å². The topological polar surface area (TPSA) is 52.6 Å². The van der Waals surface area contributed by atoms with Crippen LogP contribution in [-0.2, 0) is 4.79 Å². The number of nitrogens with zero attached hydrogens (tertiary/aromatic N) is 1. The summed E-state index contributed by atoms with van der Waals surface area (Å²) in [5.74, 6) is 0.0223. The van der Waals surface area contributed by atoms with Crippen LogP contribution < -0.4 is 5.32 Å². The van der Waals surface area contributed by atoms with Gasteiger partial charge < -0.3 is 10.4 Å². The molecular formula is C18H24N2O2. The second-order valence-electron chi connectivity index (χ2n) is 7.35. The average molecular weight is 300 g/mol. The van der Waals surface area contributed by atoms with E-state index in [0.29, 0.717) is 17.4 Å². The second kappa shape index (κ2) is 5.36. The summed E-state index contributed by atoms with van der Waals surface area (Å²) in [6.07, 6.45) is 4.54. The SMILES string of the molecule is O=C(O)[C@@H]1CCN1CC1(CN[C@@H]2C[C@H]2c2ccccc2)CC1. The van der Waals surface area contributed by atoms with Crippen molar-refractivity contribution in [2.24, 2.45) is 5.41 Å². The van der Waals surface area contributed by atoms with Crippen LogP contribution in [0.4, 0.5) is 0 Å². The maximum absolute atomic E-state index is 11.1. The van der Waals surface area contributed by atoms with E-state index in [0.717, 1.165) is 26.1 Å². The predicted octanol–water partition coefficient (Wildman–Crippen LogP) is 2.07. The van der Waals surface area contributed by atoms with Gasteiger partial charge in [-0.25, -0.2) is 0 Å². The molecule has 0 aromatic heterocycles. The summed E-state index contributed by atoms with van der Waals surface area (Å²) in [7, 11) is 0. The number of hydrogen-bond acceptors (Lipinski definition) is 3. The molecule has 3 atom stereocenters. The van der Waals surface area contributed by atoms with Gasteiger partial charge in [0.2, 0.25) is 0 Å². The molecule has 1 aromatic rings. The van der Waals surface area contributed by atoms with Gasteiger partial charge in [-0.05, 0) is 36.7 Å². The summed E-state index contributed by atoms with van der Waals surface area (Å²) in [5.41, 5.74) is 1.79. The lowest BCUT2D eigenvalue weighted by Crippen LogP contribution is -2.55. The number of carboxylic acid groups (broad SMARTS) is 1. The van der Waals surface area contributed by atoms with E-state index in [-0.39, 0.29) is 6.04 Å². The van der Waals surface area contributed by atoms with Crippen molar-refractivity contribution in [3.8, 4) is 0 Å². The first-order valence-electron chi connectivity index (χ1n) is 8.42. The molecule has 3 fully saturated rings. The second-order valence-corrected chi connectivity index (χ2v) is 7.35. The number of likely N-dealkylation sites (tertiary alicyclic amines) is 1. The summed E-state index contributed by atoms with van der Waals surface area (Å²) in [5, 5.41) is 12.9. The van der Waals surface area contributed by atoms with Crippen LogP contribution in [0.1, 0.15) is 37.2 Å². The van der Waals surface area contributed by atoms with Gasteiger partial charge in [0.05, 0.1) is 0 Å². The molecule has 4 heteroatoms. The first-order valence-corrected chi connectivity index (χ1v) is 8.42. The van der Waals surface area contributed by atoms with Crippen molar-refractivity contribution in [3.05, 3.63) is 35.9 Å². The molecular weight excluding hydrogens is 276 g/mol. The molecule has 0 bridgehead atoms. The number of rotatable bonds is 7. The van der Waals surface area contributed by atoms with Gasteiger partial charge in [-0.3, -0.25) is 9.69 Å². The summed E-state index contributed by atoms with van der Waals surface area (Å²) >= 11 is 0. The zero-order chi connectivity index (χ0) is 15.2. The zero-order valence-corrected chi connectivity index (χ0v) is 12.9. The third-order valence-corrected chi connectivity index (χ3v) is 5.67. The van der Waals surface area contributed by atoms with Crippen LogP contribution in [0, 0.1) is 5.41 Å². The molecule has 1 heterocycles. The Labute approximate surface area is 131 Å². The molecule has 1 aliphatic heterocycles. The molecule has 2 aliphatic carbocycles. The molecule has 4 nitrogen and oxygen atoms in total. The van der Waals surface area contributed by atoms with Gasteiger partial charge in [-0.2, -0.15) is 0 Å². The molecule has 0 radical (unpaired) electrons. The Morgan fingerprint density at radius 1 is 1.32 bits per heavy atom. The van der Waals surface area contributed by atoms with Gasteiger partial charge in [0.1, 0.15) is 6.04 Å². The Balaban J connectivity index is 1.25. The van der Waals surface area contributed by atoms with E-state index < -0.39 is 5.97 Å². The number of hydrogen-bond donors (Lipinski definition) is 2. The Morgan fingerprint density at radius 2 is 2.09 bits per heavy atom. The lowest BCUT2D eigenvalue weighted by Gasteiger charge is -2.40. The van der Waals surface area contributed by atoms with Crippen LogP contribution in [0.15, 0.2) is 30.3 Å². The predicted molar refractivity (Wildman–Crippen MR) is 84.9 cm³/mol. The van der Waals surface area contributed by atoms with Crippen molar-refractivity contribution in [2.75, 3.05) is 19.6 Å². The molecule has 0 unspecified atom stereocenters. The molecule has 1 saturated heterocycles. The summed E-state index contributed by atoms with van der Waals surface area (Å²) in [6, 6.07) is 11.1. The molecule has 118 valence electrons. The highest BCUT2D eigenvalue weighted by Gasteiger charge is 2.49. The maximum atomic E-state index is 11.1. The van der Waals surface area contributed by atoms with Crippen molar-refractivity contribution in [1.82, 2.24) is 10.2 Å². The van der Waals surface area contributed by atoms with Gasteiger partial charge in [-0.1, -0.05) is 30.3 Å². The smallest absolute Gasteiger partial charge is 0.320 e. The Hall–Kier alpha value is -1.39. The van der Waals surface area contributed by atoms with Gasteiger partial charge in [0.15, 0.2) is 0 Å². The molecule has 0 amide bonds. The summed E-state index contributed by atoms with van der Waals surface area (Å²) < 4.78 is 0. The van der Waals surface area contributed by atoms with Crippen molar-refractivity contribution in [2.45, 2.75) is 43.7 Å². The van der Waals surface area contributed by atoms with E-state index >= 15 is 0 Å². The normalized spacial score (nSPS) is 32.3. The van der Waals surface area contributed by atoms with Crippen molar-refractivity contribution < 1.29 is 9.90 Å². The minimum Gasteiger partial charge on any atom is -0.480 e. The fraction of sp³-hybridized carbons (Fsp3) is 0.611. The number of nitrogens with one attached hydrogen (secondary N) is 1. The van der Waals surface area contributed by atoms with Gasteiger partial charge in [-0.15, -0.1) is 0 Å². The highest BCUT2D eigenvalue weighted by atomic mass is 16.4. The lowest BCUT2D eigenvalue weighted by molar-refractivity contribution is -0.148. The number of carboxylic acids is 1. The third kappa shape index (κ3) is 2.77. The minimum absolute atomic E-state index is 0.226. The van der Waals surface area contributed by atoms with E-state index in [1.165, 1.54) is 24.8 Å². The van der Waals surface area contributed by atoms with E-state index in [2.05, 4.69) is 40.5 Å². The fourth-order valence-corrected chi connectivity index (χ4v) is 3.74. The highest BCUT2D eigenvalue weighted by Crippen LogP contribution is 2.48. The molecule has 2 saturated carbocycles. The van der Waals surface area contributed by atoms with Crippen LogP contribution >= 0.6 is 0 Å². The first kappa shape index (κ1) is 14.2. The lowest BCUT2D eigenvalue weighted by atomic mass is 9.98. The van der Waals surface area contributed by atoms with Gasteiger partial charge >= 0.3 is 5.97 Å². The first-order chi connectivity index (χ1) is 10.7. The maximum Gasteiger partial charge on any atom is 0.320 e. The van der Waals surface area contributed by atoms with E-state index in [4.69, 9.17) is 5.11 Å². The summed E-state index contributed by atoms with van der Waals surface area (Å²) in [4.78, 5) is 13.3. The van der Waals surface area contributed by atoms with Gasteiger partial charge in [0, 0.05) is 31.6 Å². The number of carbonyl (C=O) groups is 1. The molecule has 2 N–H and O–H groups in total. The monoisotopic (exact) mass is 300 g/mol. The van der Waals surface area contributed by atoms with Crippen molar-refractivity contribution in [1.29, 1.82) is 0 Å². The van der Waals surface area contributed by atoms with E-state index in [1.807, 2.05) is 0 Å². The van der Waals surface area contributed by atoms with Gasteiger partial charge in [0.25, 0.3) is 0 Å². The van der Waals surface area contributed by atoms with Crippen LogP contribution in [0.5, 0.6) is 0 Å². The Morgan fingerprint density at radius 3 is 2.68 bits per heavy atom. The van der Waals surface area contributed by atoms with E-state index in [1.54, 1.807) is 0 Å². The largest absolute Gasteiger partial charge is 0.480 e. The molecule has 4 rings (SSSR count). The van der Waals surface area contributed by atoms with Crippen molar-refractivity contribution in [3.63, 3.8) is 0 Å². The van der Waals surface area contributed by atoms with Crippen LogP contribution in [0.25, 0.3) is 0 Å². The van der Waals surface area contributed by atoms with Crippen LogP contribution in [-0.4, -0.2) is 47.7 Å². The van der Waals surface area contributed by atoms with Crippen molar-refractivity contribution >= 4 is 5.97 Å². The Bertz CT molecular complexity index is 555.